The largest absolute Gasteiger partial charge is 0.347 e. The molecule has 2 atom stereocenters. The molecular weight excluding hydrogens is 368 g/mol. The molecule has 1 aromatic heterocycles. The van der Waals surface area contributed by atoms with Crippen molar-refractivity contribution < 1.29 is 13.2 Å². The highest BCUT2D eigenvalue weighted by Crippen LogP contribution is 2.26. The first-order valence-electron chi connectivity index (χ1n) is 8.77. The quantitative estimate of drug-likeness (QED) is 0.849. The highest BCUT2D eigenvalue weighted by molar-refractivity contribution is 7.89. The summed E-state index contributed by atoms with van der Waals surface area (Å²) in [5.74, 6) is 0.509. The lowest BCUT2D eigenvalue weighted by atomic mass is 9.94. The summed E-state index contributed by atoms with van der Waals surface area (Å²) in [7, 11) is -3.51. The second-order valence-corrected chi connectivity index (χ2v) is 10.0. The predicted octanol–water partition coefficient (Wildman–Crippen LogP) is 3.34. The number of amides is 1. The van der Waals surface area contributed by atoms with Gasteiger partial charge < -0.3 is 5.32 Å². The zero-order chi connectivity index (χ0) is 18.7. The molecule has 1 aliphatic heterocycles. The van der Waals surface area contributed by atoms with Crippen LogP contribution in [0.4, 0.5) is 0 Å². The van der Waals surface area contributed by atoms with E-state index in [1.807, 2.05) is 17.5 Å². The maximum atomic E-state index is 12.9. The lowest BCUT2D eigenvalue weighted by Crippen LogP contribution is -2.42. The number of thiophene rings is 1. The van der Waals surface area contributed by atoms with Crippen LogP contribution in [-0.4, -0.2) is 31.7 Å². The van der Waals surface area contributed by atoms with Crippen LogP contribution in [0.15, 0.2) is 46.7 Å². The van der Waals surface area contributed by atoms with E-state index in [9.17, 15) is 13.2 Å². The van der Waals surface area contributed by atoms with Crippen molar-refractivity contribution in [2.45, 2.75) is 31.7 Å². The normalized spacial score (nSPS) is 21.5. The van der Waals surface area contributed by atoms with Gasteiger partial charge in [0, 0.05) is 23.5 Å². The van der Waals surface area contributed by atoms with Crippen molar-refractivity contribution in [2.75, 3.05) is 13.1 Å². The minimum atomic E-state index is -3.51. The van der Waals surface area contributed by atoms with E-state index in [1.54, 1.807) is 27.8 Å². The number of piperidine rings is 1. The summed E-state index contributed by atoms with van der Waals surface area (Å²) in [6, 6.07) is 10.1. The van der Waals surface area contributed by atoms with Crippen LogP contribution in [-0.2, 0) is 16.6 Å². The highest BCUT2D eigenvalue weighted by atomic mass is 32.2. The van der Waals surface area contributed by atoms with Crippen molar-refractivity contribution in [1.82, 2.24) is 9.62 Å². The van der Waals surface area contributed by atoms with Crippen molar-refractivity contribution in [1.29, 1.82) is 0 Å². The first-order valence-corrected chi connectivity index (χ1v) is 11.1. The second kappa shape index (κ2) is 7.90. The molecule has 2 aromatic rings. The van der Waals surface area contributed by atoms with Gasteiger partial charge in [-0.15, -0.1) is 11.3 Å². The SMILES string of the molecule is C[C@@H]1C[C@H](C)CN(S(=O)(=O)c2ccc(C(=O)NCc3cccs3)cc2)C1. The lowest BCUT2D eigenvalue weighted by molar-refractivity contribution is 0.0951. The monoisotopic (exact) mass is 392 g/mol. The number of hydrogen-bond acceptors (Lipinski definition) is 4. The van der Waals surface area contributed by atoms with Crippen molar-refractivity contribution in [3.63, 3.8) is 0 Å². The van der Waals surface area contributed by atoms with Crippen molar-refractivity contribution in [2.24, 2.45) is 11.8 Å². The summed E-state index contributed by atoms with van der Waals surface area (Å²) in [6.07, 6.45) is 1.05. The maximum absolute atomic E-state index is 12.9. The van der Waals surface area contributed by atoms with E-state index in [-0.39, 0.29) is 10.8 Å². The van der Waals surface area contributed by atoms with Gasteiger partial charge in [0.15, 0.2) is 0 Å². The number of nitrogens with zero attached hydrogens (tertiary/aromatic N) is 1. The van der Waals surface area contributed by atoms with Gasteiger partial charge in [-0.25, -0.2) is 8.42 Å². The minimum absolute atomic E-state index is 0.206. The Hall–Kier alpha value is -1.70. The number of hydrogen-bond donors (Lipinski definition) is 1. The number of nitrogens with one attached hydrogen (secondary N) is 1. The number of benzene rings is 1. The van der Waals surface area contributed by atoms with Crippen molar-refractivity contribution in [3.8, 4) is 0 Å². The van der Waals surface area contributed by atoms with E-state index in [1.165, 1.54) is 12.1 Å². The molecule has 0 bridgehead atoms. The van der Waals surface area contributed by atoms with Crippen LogP contribution in [0.2, 0.25) is 0 Å². The minimum Gasteiger partial charge on any atom is -0.347 e. The van der Waals surface area contributed by atoms with Gasteiger partial charge >= 0.3 is 0 Å². The molecule has 3 rings (SSSR count). The van der Waals surface area contributed by atoms with E-state index >= 15 is 0 Å². The fourth-order valence-electron chi connectivity index (χ4n) is 3.41. The molecule has 0 saturated carbocycles. The van der Waals surface area contributed by atoms with Crippen LogP contribution < -0.4 is 5.32 Å². The molecule has 0 radical (unpaired) electrons. The zero-order valence-corrected chi connectivity index (χ0v) is 16.6. The van der Waals surface area contributed by atoms with Crippen molar-refractivity contribution in [3.05, 3.63) is 52.2 Å². The molecule has 1 aliphatic rings. The molecule has 7 heteroatoms. The van der Waals surface area contributed by atoms with Crippen LogP contribution in [0, 0.1) is 11.8 Å². The lowest BCUT2D eigenvalue weighted by Gasteiger charge is -2.34. The first-order chi connectivity index (χ1) is 12.4. The van der Waals surface area contributed by atoms with Gasteiger partial charge in [0.25, 0.3) is 5.91 Å². The molecule has 1 amide bonds. The maximum Gasteiger partial charge on any atom is 0.251 e. The smallest absolute Gasteiger partial charge is 0.251 e. The van der Waals surface area contributed by atoms with E-state index in [0.29, 0.717) is 37.0 Å². The summed E-state index contributed by atoms with van der Waals surface area (Å²) in [6.45, 7) is 5.74. The summed E-state index contributed by atoms with van der Waals surface area (Å²) in [5, 5.41) is 4.81. The topological polar surface area (TPSA) is 66.5 Å². The molecule has 5 nitrogen and oxygen atoms in total. The third kappa shape index (κ3) is 4.34. The Kier molecular flexibility index (Phi) is 5.79. The Bertz CT molecular complexity index is 835. The van der Waals surface area contributed by atoms with Crippen LogP contribution in [0.5, 0.6) is 0 Å². The summed E-state index contributed by atoms with van der Waals surface area (Å²) >= 11 is 1.58. The summed E-state index contributed by atoms with van der Waals surface area (Å²) < 4.78 is 27.3. The van der Waals surface area contributed by atoms with E-state index < -0.39 is 10.0 Å². The molecule has 1 aromatic carbocycles. The van der Waals surface area contributed by atoms with E-state index in [4.69, 9.17) is 0 Å². The third-order valence-electron chi connectivity index (χ3n) is 4.59. The van der Waals surface area contributed by atoms with Crippen LogP contribution in [0.25, 0.3) is 0 Å². The molecule has 1 saturated heterocycles. The average molecular weight is 393 g/mol. The Morgan fingerprint density at radius 1 is 1.15 bits per heavy atom. The van der Waals surface area contributed by atoms with Gasteiger partial charge in [0.1, 0.15) is 0 Å². The zero-order valence-electron chi connectivity index (χ0n) is 15.0. The summed E-state index contributed by atoms with van der Waals surface area (Å²) in [4.78, 5) is 13.5. The fraction of sp³-hybridized carbons (Fsp3) is 0.421. The second-order valence-electron chi connectivity index (χ2n) is 7.05. The third-order valence-corrected chi connectivity index (χ3v) is 7.32. The van der Waals surface area contributed by atoms with E-state index in [2.05, 4.69) is 19.2 Å². The Morgan fingerprint density at radius 2 is 1.81 bits per heavy atom. The predicted molar refractivity (Wildman–Crippen MR) is 104 cm³/mol. The highest BCUT2D eigenvalue weighted by Gasteiger charge is 2.31. The van der Waals surface area contributed by atoms with Crippen molar-refractivity contribution >= 4 is 27.3 Å². The molecule has 0 aliphatic carbocycles. The van der Waals surface area contributed by atoms with Gasteiger partial charge in [0.2, 0.25) is 10.0 Å². The number of sulfonamides is 1. The molecule has 0 spiro atoms. The molecular formula is C19H24N2O3S2. The fourth-order valence-corrected chi connectivity index (χ4v) is 5.74. The Labute approximate surface area is 159 Å². The van der Waals surface area contributed by atoms with Gasteiger partial charge in [-0.3, -0.25) is 4.79 Å². The molecule has 2 heterocycles. The molecule has 140 valence electrons. The number of carbonyl (C=O) groups excluding carboxylic acids is 1. The average Bonchev–Trinajstić information content (AvgIpc) is 3.12. The summed E-state index contributed by atoms with van der Waals surface area (Å²) in [5.41, 5.74) is 0.459. The Morgan fingerprint density at radius 3 is 2.38 bits per heavy atom. The van der Waals surface area contributed by atoms with Crippen LogP contribution >= 0.6 is 11.3 Å². The van der Waals surface area contributed by atoms with E-state index in [0.717, 1.165) is 11.3 Å². The standard InChI is InChI=1S/C19H24N2O3S2/c1-14-10-15(2)13-21(12-14)26(23,24)18-7-5-16(6-8-18)19(22)20-11-17-4-3-9-25-17/h3-9,14-15H,10-13H2,1-2H3,(H,20,22)/t14-,15+. The van der Waals surface area contributed by atoms with Crippen LogP contribution in [0.3, 0.4) is 0 Å². The molecule has 1 N–H and O–H groups in total. The van der Waals surface area contributed by atoms with Gasteiger partial charge in [-0.05, 0) is 54.0 Å². The van der Waals surface area contributed by atoms with Gasteiger partial charge in [0.05, 0.1) is 11.4 Å². The van der Waals surface area contributed by atoms with Crippen LogP contribution in [0.1, 0.15) is 35.5 Å². The molecule has 26 heavy (non-hydrogen) atoms. The number of carbonyl (C=O) groups is 1. The molecule has 1 fully saturated rings. The number of rotatable bonds is 5. The van der Waals surface area contributed by atoms with Gasteiger partial charge in [-0.2, -0.15) is 4.31 Å². The first kappa shape index (κ1) is 19.1. The van der Waals surface area contributed by atoms with Gasteiger partial charge in [-0.1, -0.05) is 19.9 Å². The molecule has 0 unspecified atom stereocenters. The Balaban J connectivity index is 1.69.